The molecule has 22 heavy (non-hydrogen) atoms. The lowest BCUT2D eigenvalue weighted by atomic mass is 10.2. The summed E-state index contributed by atoms with van der Waals surface area (Å²) in [5.41, 5.74) is 8.47. The van der Waals surface area contributed by atoms with Crippen molar-refractivity contribution in [2.24, 2.45) is 0 Å². The summed E-state index contributed by atoms with van der Waals surface area (Å²) >= 11 is 0. The SMILES string of the molecule is CC[C@@H](C)NC(=O)c1c(N)n(N)c2nc3ccccc3nc12. The van der Waals surface area contributed by atoms with E-state index in [-0.39, 0.29) is 23.3 Å². The van der Waals surface area contributed by atoms with Crippen LogP contribution in [-0.2, 0) is 0 Å². The van der Waals surface area contributed by atoms with Gasteiger partial charge in [0.25, 0.3) is 5.91 Å². The third-order valence-corrected chi connectivity index (χ3v) is 3.75. The number of anilines is 1. The monoisotopic (exact) mass is 298 g/mol. The third-order valence-electron chi connectivity index (χ3n) is 3.75. The van der Waals surface area contributed by atoms with Gasteiger partial charge in [0, 0.05) is 6.04 Å². The topological polar surface area (TPSA) is 112 Å². The second-order valence-corrected chi connectivity index (χ2v) is 5.30. The number of amides is 1. The molecule has 0 unspecified atom stereocenters. The highest BCUT2D eigenvalue weighted by Crippen LogP contribution is 2.25. The largest absolute Gasteiger partial charge is 0.383 e. The molecule has 0 saturated carbocycles. The normalized spacial score (nSPS) is 12.6. The number of nitrogens with one attached hydrogen (secondary N) is 1. The lowest BCUT2D eigenvalue weighted by Crippen LogP contribution is -2.32. The first kappa shape index (κ1) is 14.1. The molecule has 3 aromatic rings. The van der Waals surface area contributed by atoms with E-state index < -0.39 is 0 Å². The summed E-state index contributed by atoms with van der Waals surface area (Å²) in [6, 6.07) is 7.44. The van der Waals surface area contributed by atoms with E-state index in [9.17, 15) is 4.79 Å². The number of nitrogen functional groups attached to an aromatic ring is 2. The molecule has 7 heteroatoms. The van der Waals surface area contributed by atoms with Crippen molar-refractivity contribution in [1.82, 2.24) is 20.0 Å². The standard InChI is InChI=1S/C15H18N6O/c1-3-8(2)18-15(22)11-12-14(21(17)13(11)16)20-10-7-5-4-6-9(10)19-12/h4-8H,3,16-17H2,1-2H3,(H,18,22)/t8-/m1/s1. The van der Waals surface area contributed by atoms with Crippen LogP contribution in [0, 0.1) is 0 Å². The van der Waals surface area contributed by atoms with Gasteiger partial charge in [0.15, 0.2) is 5.65 Å². The van der Waals surface area contributed by atoms with E-state index in [1.54, 1.807) is 0 Å². The van der Waals surface area contributed by atoms with E-state index in [1.165, 1.54) is 4.68 Å². The van der Waals surface area contributed by atoms with E-state index in [0.29, 0.717) is 22.2 Å². The maximum atomic E-state index is 12.5. The van der Waals surface area contributed by atoms with Crippen LogP contribution in [0.15, 0.2) is 24.3 Å². The Morgan fingerprint density at radius 2 is 1.95 bits per heavy atom. The molecule has 1 aromatic carbocycles. The van der Waals surface area contributed by atoms with Crippen LogP contribution in [0.3, 0.4) is 0 Å². The number of para-hydroxylation sites is 2. The zero-order chi connectivity index (χ0) is 15.9. The fraction of sp³-hybridized carbons (Fsp3) is 0.267. The Morgan fingerprint density at radius 3 is 2.59 bits per heavy atom. The van der Waals surface area contributed by atoms with Crippen molar-refractivity contribution < 1.29 is 4.79 Å². The van der Waals surface area contributed by atoms with Gasteiger partial charge in [0.1, 0.15) is 16.9 Å². The molecular formula is C15H18N6O. The highest BCUT2D eigenvalue weighted by molar-refractivity contribution is 6.10. The van der Waals surface area contributed by atoms with Gasteiger partial charge in [-0.05, 0) is 25.5 Å². The molecule has 3 rings (SSSR count). The van der Waals surface area contributed by atoms with Crippen molar-refractivity contribution in [2.75, 3.05) is 11.6 Å². The maximum absolute atomic E-state index is 12.5. The average Bonchev–Trinajstić information content (AvgIpc) is 2.76. The number of aromatic nitrogens is 3. The van der Waals surface area contributed by atoms with Crippen LogP contribution in [0.25, 0.3) is 22.2 Å². The van der Waals surface area contributed by atoms with Gasteiger partial charge in [-0.25, -0.2) is 14.6 Å². The van der Waals surface area contributed by atoms with Gasteiger partial charge in [0.2, 0.25) is 0 Å². The minimum Gasteiger partial charge on any atom is -0.383 e. The van der Waals surface area contributed by atoms with Crippen LogP contribution in [0.5, 0.6) is 0 Å². The highest BCUT2D eigenvalue weighted by atomic mass is 16.1. The average molecular weight is 298 g/mol. The molecular weight excluding hydrogens is 280 g/mol. The van der Waals surface area contributed by atoms with Gasteiger partial charge in [-0.15, -0.1) is 0 Å². The Morgan fingerprint density at radius 1 is 1.32 bits per heavy atom. The lowest BCUT2D eigenvalue weighted by Gasteiger charge is -2.11. The summed E-state index contributed by atoms with van der Waals surface area (Å²) in [4.78, 5) is 21.4. The van der Waals surface area contributed by atoms with Gasteiger partial charge >= 0.3 is 0 Å². The predicted molar refractivity (Wildman–Crippen MR) is 86.8 cm³/mol. The number of carbonyl (C=O) groups excluding carboxylic acids is 1. The smallest absolute Gasteiger partial charge is 0.257 e. The van der Waals surface area contributed by atoms with Crippen molar-refractivity contribution in [3.8, 4) is 0 Å². The fourth-order valence-electron chi connectivity index (χ4n) is 2.30. The molecule has 0 aliphatic carbocycles. The summed E-state index contributed by atoms with van der Waals surface area (Å²) < 4.78 is 1.21. The van der Waals surface area contributed by atoms with Crippen molar-refractivity contribution in [1.29, 1.82) is 0 Å². The molecule has 0 bridgehead atoms. The number of fused-ring (bicyclic) bond motifs is 2. The fourth-order valence-corrected chi connectivity index (χ4v) is 2.30. The first-order valence-electron chi connectivity index (χ1n) is 7.15. The molecule has 0 aliphatic rings. The summed E-state index contributed by atoms with van der Waals surface area (Å²) in [6.45, 7) is 3.92. The molecule has 114 valence electrons. The minimum atomic E-state index is -0.286. The molecule has 0 fully saturated rings. The lowest BCUT2D eigenvalue weighted by molar-refractivity contribution is 0.0941. The van der Waals surface area contributed by atoms with E-state index in [0.717, 1.165) is 6.42 Å². The molecule has 5 N–H and O–H groups in total. The van der Waals surface area contributed by atoms with E-state index in [1.807, 2.05) is 38.1 Å². The molecule has 2 heterocycles. The third kappa shape index (κ3) is 2.11. The summed E-state index contributed by atoms with van der Waals surface area (Å²) in [5.74, 6) is 5.81. The Labute approximate surface area is 127 Å². The Bertz CT molecular complexity index is 869. The second kappa shape index (κ2) is 5.18. The molecule has 7 nitrogen and oxygen atoms in total. The van der Waals surface area contributed by atoms with Crippen LogP contribution in [0.4, 0.5) is 5.82 Å². The van der Waals surface area contributed by atoms with Crippen LogP contribution >= 0.6 is 0 Å². The van der Waals surface area contributed by atoms with Gasteiger partial charge in [-0.1, -0.05) is 19.1 Å². The van der Waals surface area contributed by atoms with Crippen molar-refractivity contribution in [2.45, 2.75) is 26.3 Å². The van der Waals surface area contributed by atoms with E-state index >= 15 is 0 Å². The van der Waals surface area contributed by atoms with Crippen LogP contribution < -0.4 is 16.9 Å². The molecule has 1 amide bonds. The van der Waals surface area contributed by atoms with Gasteiger partial charge in [-0.3, -0.25) is 4.79 Å². The first-order chi connectivity index (χ1) is 10.5. The zero-order valence-corrected chi connectivity index (χ0v) is 12.5. The Kier molecular flexibility index (Phi) is 3.32. The van der Waals surface area contributed by atoms with Crippen LogP contribution in [0.1, 0.15) is 30.6 Å². The number of hydrogen-bond acceptors (Lipinski definition) is 5. The number of rotatable bonds is 3. The Balaban J connectivity index is 2.23. The maximum Gasteiger partial charge on any atom is 0.257 e. The second-order valence-electron chi connectivity index (χ2n) is 5.30. The molecule has 0 aliphatic heterocycles. The molecule has 0 saturated heterocycles. The number of carbonyl (C=O) groups is 1. The van der Waals surface area contributed by atoms with E-state index in [4.69, 9.17) is 11.6 Å². The zero-order valence-electron chi connectivity index (χ0n) is 12.5. The number of benzene rings is 1. The molecule has 0 radical (unpaired) electrons. The molecule has 0 spiro atoms. The van der Waals surface area contributed by atoms with Crippen LogP contribution in [-0.4, -0.2) is 26.6 Å². The molecule has 1 atom stereocenters. The van der Waals surface area contributed by atoms with Crippen LogP contribution in [0.2, 0.25) is 0 Å². The number of hydrogen-bond donors (Lipinski definition) is 3. The summed E-state index contributed by atoms with van der Waals surface area (Å²) in [7, 11) is 0. The predicted octanol–water partition coefficient (Wildman–Crippen LogP) is 1.41. The Hall–Kier alpha value is -2.83. The number of nitrogens with two attached hydrogens (primary N) is 2. The quantitative estimate of drug-likeness (QED) is 0.633. The van der Waals surface area contributed by atoms with Gasteiger partial charge < -0.3 is 16.9 Å². The van der Waals surface area contributed by atoms with Crippen molar-refractivity contribution in [3.63, 3.8) is 0 Å². The van der Waals surface area contributed by atoms with E-state index in [2.05, 4.69) is 15.3 Å². The molecule has 2 aromatic heterocycles. The summed E-state index contributed by atoms with van der Waals surface area (Å²) in [5, 5.41) is 2.88. The summed E-state index contributed by atoms with van der Waals surface area (Å²) in [6.07, 6.45) is 0.821. The first-order valence-corrected chi connectivity index (χ1v) is 7.15. The van der Waals surface area contributed by atoms with Crippen molar-refractivity contribution in [3.05, 3.63) is 29.8 Å². The van der Waals surface area contributed by atoms with Gasteiger partial charge in [-0.2, -0.15) is 0 Å². The van der Waals surface area contributed by atoms with Crippen molar-refractivity contribution >= 4 is 33.9 Å². The minimum absolute atomic E-state index is 0.0384. The van der Waals surface area contributed by atoms with Gasteiger partial charge in [0.05, 0.1) is 11.0 Å². The number of nitrogens with zero attached hydrogens (tertiary/aromatic N) is 3. The highest BCUT2D eigenvalue weighted by Gasteiger charge is 2.23.